The Kier molecular flexibility index (Phi) is 1.91. The summed E-state index contributed by atoms with van der Waals surface area (Å²) >= 11 is 4.76. The van der Waals surface area contributed by atoms with Gasteiger partial charge in [0.15, 0.2) is 5.05 Å². The standard InChI is InChI=1S/C6H12OSSi/c7-5(8)6(9)3-1-2-4-6/h1-4H2,9H3,(H,7,8). The van der Waals surface area contributed by atoms with Gasteiger partial charge in [-0.2, -0.15) is 0 Å². The summed E-state index contributed by atoms with van der Waals surface area (Å²) in [6, 6.07) is 0. The lowest BCUT2D eigenvalue weighted by Gasteiger charge is -2.18. The highest BCUT2D eigenvalue weighted by Gasteiger charge is 2.32. The van der Waals surface area contributed by atoms with Gasteiger partial charge in [0.1, 0.15) is 0 Å². The average molecular weight is 160 g/mol. The van der Waals surface area contributed by atoms with Crippen molar-refractivity contribution in [2.24, 2.45) is 0 Å². The molecule has 0 aromatic carbocycles. The second-order valence-electron chi connectivity index (χ2n) is 3.07. The van der Waals surface area contributed by atoms with Crippen molar-refractivity contribution < 1.29 is 5.11 Å². The van der Waals surface area contributed by atoms with Gasteiger partial charge in [-0.3, -0.25) is 0 Å². The fraction of sp³-hybridized carbons (Fsp3) is 0.833. The van der Waals surface area contributed by atoms with Gasteiger partial charge in [0.05, 0.1) is 0 Å². The smallest absolute Gasteiger partial charge is 0.158 e. The van der Waals surface area contributed by atoms with Gasteiger partial charge in [0.25, 0.3) is 0 Å². The molecule has 0 bridgehead atoms. The van der Waals surface area contributed by atoms with E-state index in [4.69, 9.17) is 17.3 Å². The maximum atomic E-state index is 9.08. The third-order valence-electron chi connectivity index (χ3n) is 2.22. The van der Waals surface area contributed by atoms with Crippen LogP contribution in [0.25, 0.3) is 0 Å². The van der Waals surface area contributed by atoms with Crippen molar-refractivity contribution in [2.75, 3.05) is 0 Å². The Morgan fingerprint density at radius 3 is 2.11 bits per heavy atom. The lowest BCUT2D eigenvalue weighted by atomic mass is 10.1. The number of hydrogen-bond acceptors (Lipinski definition) is 1. The van der Waals surface area contributed by atoms with Crippen LogP contribution < -0.4 is 0 Å². The van der Waals surface area contributed by atoms with Gasteiger partial charge in [-0.15, -0.1) is 0 Å². The first-order chi connectivity index (χ1) is 4.15. The first-order valence-electron chi connectivity index (χ1n) is 3.38. The molecule has 0 amide bonds. The molecule has 1 aliphatic carbocycles. The van der Waals surface area contributed by atoms with Gasteiger partial charge in [-0.25, -0.2) is 0 Å². The summed E-state index contributed by atoms with van der Waals surface area (Å²) in [6.45, 7) is 0. The van der Waals surface area contributed by atoms with Crippen LogP contribution in [0.2, 0.25) is 5.04 Å². The van der Waals surface area contributed by atoms with Crippen molar-refractivity contribution in [1.29, 1.82) is 0 Å². The largest absolute Gasteiger partial charge is 0.502 e. The number of aliphatic hydroxyl groups excluding tert-OH is 1. The molecule has 0 atom stereocenters. The summed E-state index contributed by atoms with van der Waals surface area (Å²) in [5, 5.41) is 9.47. The Bertz CT molecular complexity index is 129. The quantitative estimate of drug-likeness (QED) is 0.455. The van der Waals surface area contributed by atoms with Gasteiger partial charge in [-0.1, -0.05) is 12.8 Å². The minimum Gasteiger partial charge on any atom is -0.502 e. The van der Waals surface area contributed by atoms with Crippen LogP contribution in [0.4, 0.5) is 0 Å². The summed E-state index contributed by atoms with van der Waals surface area (Å²) in [6.07, 6.45) is 4.78. The molecule has 9 heavy (non-hydrogen) atoms. The van der Waals surface area contributed by atoms with Gasteiger partial charge >= 0.3 is 0 Å². The maximum Gasteiger partial charge on any atom is 0.158 e. The Morgan fingerprint density at radius 2 is 1.89 bits per heavy atom. The van der Waals surface area contributed by atoms with Gasteiger partial charge in [-0.05, 0) is 25.1 Å². The summed E-state index contributed by atoms with van der Waals surface area (Å²) in [4.78, 5) is 0. The summed E-state index contributed by atoms with van der Waals surface area (Å²) in [7, 11) is 1.03. The van der Waals surface area contributed by atoms with Crippen LogP contribution in [0.1, 0.15) is 25.7 Å². The van der Waals surface area contributed by atoms with E-state index in [0.717, 1.165) is 23.1 Å². The van der Waals surface area contributed by atoms with E-state index in [0.29, 0.717) is 0 Å². The Hall–Kier alpha value is 0.107. The average Bonchev–Trinajstić information content (AvgIpc) is 2.16. The van der Waals surface area contributed by atoms with Crippen LogP contribution >= 0.6 is 12.2 Å². The zero-order valence-electron chi connectivity index (χ0n) is 5.68. The van der Waals surface area contributed by atoms with E-state index in [9.17, 15) is 0 Å². The van der Waals surface area contributed by atoms with Crippen LogP contribution in [0.3, 0.4) is 0 Å². The van der Waals surface area contributed by atoms with E-state index < -0.39 is 0 Å². The Morgan fingerprint density at radius 1 is 1.44 bits per heavy atom. The Balaban J connectivity index is 2.61. The van der Waals surface area contributed by atoms with Crippen LogP contribution in [-0.2, 0) is 0 Å². The van der Waals surface area contributed by atoms with E-state index in [2.05, 4.69) is 0 Å². The minimum absolute atomic E-state index is 0.120. The zero-order valence-corrected chi connectivity index (χ0v) is 8.50. The molecule has 0 saturated heterocycles. The van der Waals surface area contributed by atoms with E-state index in [1.807, 2.05) is 0 Å². The van der Waals surface area contributed by atoms with Gasteiger partial charge in [0.2, 0.25) is 0 Å². The van der Waals surface area contributed by atoms with Crippen molar-refractivity contribution in [1.82, 2.24) is 0 Å². The van der Waals surface area contributed by atoms with Crippen molar-refractivity contribution in [3.63, 3.8) is 0 Å². The van der Waals surface area contributed by atoms with Crippen LogP contribution in [-0.4, -0.2) is 20.4 Å². The predicted molar refractivity (Wildman–Crippen MR) is 46.3 cm³/mol. The highest BCUT2D eigenvalue weighted by atomic mass is 32.1. The zero-order chi connectivity index (χ0) is 6.91. The molecular formula is C6H12OSSi. The third-order valence-corrected chi connectivity index (χ3v) is 4.55. The molecule has 52 valence electrons. The predicted octanol–water partition coefficient (Wildman–Crippen LogP) is 0.970. The lowest BCUT2D eigenvalue weighted by Crippen LogP contribution is -2.17. The molecule has 1 nitrogen and oxygen atoms in total. The summed E-state index contributed by atoms with van der Waals surface area (Å²) < 4.78 is 0. The van der Waals surface area contributed by atoms with Crippen molar-refractivity contribution in [2.45, 2.75) is 30.7 Å². The van der Waals surface area contributed by atoms with Gasteiger partial charge in [0, 0.05) is 15.3 Å². The van der Waals surface area contributed by atoms with E-state index in [1.165, 1.54) is 12.8 Å². The molecule has 0 aliphatic heterocycles. The van der Waals surface area contributed by atoms with E-state index in [1.54, 1.807) is 0 Å². The van der Waals surface area contributed by atoms with Crippen LogP contribution in [0.15, 0.2) is 0 Å². The normalized spacial score (nSPS) is 24.4. The van der Waals surface area contributed by atoms with Crippen molar-refractivity contribution in [3.8, 4) is 0 Å². The monoisotopic (exact) mass is 160 g/mol. The molecule has 1 N–H and O–H groups in total. The van der Waals surface area contributed by atoms with Gasteiger partial charge < -0.3 is 5.11 Å². The molecule has 1 saturated carbocycles. The third kappa shape index (κ3) is 1.32. The molecule has 1 rings (SSSR count). The van der Waals surface area contributed by atoms with E-state index >= 15 is 0 Å². The number of thiocarbonyl (C=S) groups is 1. The number of rotatable bonds is 1. The molecule has 0 radical (unpaired) electrons. The second-order valence-corrected chi connectivity index (χ2v) is 5.37. The fourth-order valence-electron chi connectivity index (χ4n) is 1.37. The van der Waals surface area contributed by atoms with Crippen molar-refractivity contribution in [3.05, 3.63) is 0 Å². The maximum absolute atomic E-state index is 9.08. The minimum atomic E-state index is 0.120. The molecular weight excluding hydrogens is 148 g/mol. The molecule has 0 aromatic rings. The molecule has 0 spiro atoms. The second kappa shape index (κ2) is 2.38. The lowest BCUT2D eigenvalue weighted by molar-refractivity contribution is 0.508. The first kappa shape index (κ1) is 7.22. The molecule has 0 unspecified atom stereocenters. The first-order valence-corrected chi connectivity index (χ1v) is 4.79. The summed E-state index contributed by atoms with van der Waals surface area (Å²) in [5.41, 5.74) is 0. The van der Waals surface area contributed by atoms with Crippen LogP contribution in [0, 0.1) is 0 Å². The fourth-order valence-corrected chi connectivity index (χ4v) is 2.28. The SMILES string of the molecule is OC(=S)C1([SiH3])CCCC1. The topological polar surface area (TPSA) is 20.2 Å². The van der Waals surface area contributed by atoms with E-state index in [-0.39, 0.29) is 10.1 Å². The van der Waals surface area contributed by atoms with Crippen LogP contribution in [0.5, 0.6) is 0 Å². The van der Waals surface area contributed by atoms with Crippen molar-refractivity contribution >= 4 is 27.5 Å². The molecule has 0 aromatic heterocycles. The highest BCUT2D eigenvalue weighted by Crippen LogP contribution is 2.42. The highest BCUT2D eigenvalue weighted by molar-refractivity contribution is 7.80. The summed E-state index contributed by atoms with van der Waals surface area (Å²) in [5.74, 6) is 0. The number of aliphatic hydroxyl groups is 1. The molecule has 0 heterocycles. The molecule has 3 heteroatoms. The number of hydrogen-bond donors (Lipinski definition) is 1. The Labute approximate surface area is 63.9 Å². The molecule has 1 fully saturated rings. The molecule has 1 aliphatic rings.